The summed E-state index contributed by atoms with van der Waals surface area (Å²) < 4.78 is 5.51. The smallest absolute Gasteiger partial charge is 0.119 e. The highest BCUT2D eigenvalue weighted by Gasteiger charge is 2.04. The van der Waals surface area contributed by atoms with Crippen LogP contribution in [0.1, 0.15) is 19.4 Å². The third-order valence-corrected chi connectivity index (χ3v) is 2.58. The van der Waals surface area contributed by atoms with E-state index < -0.39 is 6.10 Å². The summed E-state index contributed by atoms with van der Waals surface area (Å²) in [5.74, 6) is 0.797. The van der Waals surface area contributed by atoms with Crippen LogP contribution in [0.2, 0.25) is 0 Å². The summed E-state index contributed by atoms with van der Waals surface area (Å²) in [4.78, 5) is 0. The normalized spacial score (nSPS) is 12.2. The van der Waals surface area contributed by atoms with Crippen LogP contribution in [0.5, 0.6) is 5.75 Å². The topological polar surface area (TPSA) is 41.5 Å². The van der Waals surface area contributed by atoms with Crippen LogP contribution in [0.15, 0.2) is 36.4 Å². The molecule has 1 atom stereocenters. The molecule has 0 fully saturated rings. The predicted molar refractivity (Wildman–Crippen MR) is 75.0 cm³/mol. The van der Waals surface area contributed by atoms with Gasteiger partial charge in [-0.25, -0.2) is 0 Å². The molecular formula is C15H23NO2. The van der Waals surface area contributed by atoms with Gasteiger partial charge in [0, 0.05) is 13.1 Å². The molecule has 0 aliphatic rings. The molecule has 0 spiro atoms. The van der Waals surface area contributed by atoms with Crippen molar-refractivity contribution in [3.05, 3.63) is 42.0 Å². The first-order chi connectivity index (χ1) is 8.61. The molecule has 3 nitrogen and oxygen atoms in total. The van der Waals surface area contributed by atoms with Crippen molar-refractivity contribution in [2.24, 2.45) is 0 Å². The summed E-state index contributed by atoms with van der Waals surface area (Å²) in [6, 6.07) is 7.96. The second-order valence-corrected chi connectivity index (χ2v) is 4.55. The van der Waals surface area contributed by atoms with Gasteiger partial charge < -0.3 is 15.2 Å². The van der Waals surface area contributed by atoms with Crippen molar-refractivity contribution in [1.82, 2.24) is 5.32 Å². The first-order valence-corrected chi connectivity index (χ1v) is 6.36. The summed E-state index contributed by atoms with van der Waals surface area (Å²) in [6.07, 6.45) is 0.517. The fourth-order valence-corrected chi connectivity index (χ4v) is 1.52. The first-order valence-electron chi connectivity index (χ1n) is 6.36. The molecule has 18 heavy (non-hydrogen) atoms. The minimum absolute atomic E-state index is 0.300. The highest BCUT2D eigenvalue weighted by molar-refractivity contribution is 5.27. The zero-order chi connectivity index (χ0) is 13.4. The van der Waals surface area contributed by atoms with Gasteiger partial charge in [-0.15, -0.1) is 0 Å². The Morgan fingerprint density at radius 3 is 2.61 bits per heavy atom. The largest absolute Gasteiger partial charge is 0.491 e. The molecule has 0 bridgehead atoms. The van der Waals surface area contributed by atoms with E-state index >= 15 is 0 Å². The maximum atomic E-state index is 9.71. The van der Waals surface area contributed by atoms with E-state index in [9.17, 15) is 5.11 Å². The van der Waals surface area contributed by atoms with Gasteiger partial charge in [0.15, 0.2) is 0 Å². The summed E-state index contributed by atoms with van der Waals surface area (Å²) in [5.41, 5.74) is 2.34. The van der Waals surface area contributed by atoms with E-state index in [-0.39, 0.29) is 0 Å². The van der Waals surface area contributed by atoms with E-state index in [2.05, 4.69) is 18.8 Å². The number of hydrogen-bond donors (Lipinski definition) is 2. The van der Waals surface area contributed by atoms with Crippen LogP contribution in [0.25, 0.3) is 0 Å². The highest BCUT2D eigenvalue weighted by Crippen LogP contribution is 2.12. The number of nitrogens with one attached hydrogen (secondary N) is 1. The maximum absolute atomic E-state index is 9.71. The highest BCUT2D eigenvalue weighted by atomic mass is 16.5. The lowest BCUT2D eigenvalue weighted by Gasteiger charge is -2.13. The van der Waals surface area contributed by atoms with Gasteiger partial charge in [-0.1, -0.05) is 31.2 Å². The van der Waals surface area contributed by atoms with Gasteiger partial charge in [0.05, 0.1) is 0 Å². The Bertz CT molecular complexity index is 359. The molecule has 1 rings (SSSR count). The van der Waals surface area contributed by atoms with Crippen molar-refractivity contribution in [1.29, 1.82) is 0 Å². The van der Waals surface area contributed by atoms with Crippen molar-refractivity contribution in [3.8, 4) is 5.75 Å². The zero-order valence-corrected chi connectivity index (χ0v) is 11.3. The number of aliphatic hydroxyl groups excluding tert-OH is 1. The van der Waals surface area contributed by atoms with Crippen LogP contribution >= 0.6 is 0 Å². The average molecular weight is 249 g/mol. The molecule has 0 saturated heterocycles. The molecular weight excluding hydrogens is 226 g/mol. The van der Waals surface area contributed by atoms with Gasteiger partial charge in [-0.3, -0.25) is 0 Å². The Hall–Kier alpha value is -1.32. The lowest BCUT2D eigenvalue weighted by atomic mass is 10.2. The van der Waals surface area contributed by atoms with Crippen molar-refractivity contribution < 1.29 is 9.84 Å². The molecule has 1 unspecified atom stereocenters. The van der Waals surface area contributed by atoms with Crippen molar-refractivity contribution in [3.63, 3.8) is 0 Å². The van der Waals surface area contributed by atoms with Gasteiger partial charge in [-0.05, 0) is 31.0 Å². The van der Waals surface area contributed by atoms with Crippen LogP contribution in [0.4, 0.5) is 0 Å². The van der Waals surface area contributed by atoms with Crippen molar-refractivity contribution in [2.75, 3.05) is 19.7 Å². The van der Waals surface area contributed by atoms with Crippen LogP contribution in [-0.2, 0) is 6.42 Å². The fraction of sp³-hybridized carbons (Fsp3) is 0.467. The van der Waals surface area contributed by atoms with Gasteiger partial charge in [0.1, 0.15) is 18.5 Å². The minimum atomic E-state index is -0.504. The summed E-state index contributed by atoms with van der Waals surface area (Å²) in [6.45, 7) is 9.39. The van der Waals surface area contributed by atoms with E-state index in [4.69, 9.17) is 4.74 Å². The Balaban J connectivity index is 2.24. The van der Waals surface area contributed by atoms with E-state index in [1.807, 2.05) is 31.2 Å². The van der Waals surface area contributed by atoms with Gasteiger partial charge in [-0.2, -0.15) is 0 Å². The van der Waals surface area contributed by atoms with Gasteiger partial charge in [0.25, 0.3) is 0 Å². The number of aryl methyl sites for hydroxylation is 1. The van der Waals surface area contributed by atoms with Gasteiger partial charge in [0.2, 0.25) is 0 Å². The van der Waals surface area contributed by atoms with E-state index in [0.29, 0.717) is 13.2 Å². The molecule has 0 aromatic heterocycles. The lowest BCUT2D eigenvalue weighted by Crippen LogP contribution is -2.32. The van der Waals surface area contributed by atoms with E-state index in [1.54, 1.807) is 0 Å². The second-order valence-electron chi connectivity index (χ2n) is 4.55. The third-order valence-electron chi connectivity index (χ3n) is 2.58. The Morgan fingerprint density at radius 2 is 2.06 bits per heavy atom. The number of rotatable bonds is 8. The summed E-state index contributed by atoms with van der Waals surface area (Å²) >= 11 is 0. The average Bonchev–Trinajstić information content (AvgIpc) is 2.36. The fourth-order valence-electron chi connectivity index (χ4n) is 1.52. The molecule has 0 heterocycles. The quantitative estimate of drug-likeness (QED) is 0.694. The van der Waals surface area contributed by atoms with Crippen molar-refractivity contribution in [2.45, 2.75) is 26.4 Å². The number of ether oxygens (including phenoxy) is 1. The molecule has 0 amide bonds. The molecule has 100 valence electrons. The van der Waals surface area contributed by atoms with Gasteiger partial charge >= 0.3 is 0 Å². The van der Waals surface area contributed by atoms with E-state index in [1.165, 1.54) is 5.56 Å². The Labute approximate surface area is 109 Å². The molecule has 0 saturated carbocycles. The SMILES string of the molecule is C=C(C)CNCC(O)COc1ccc(CC)cc1. The van der Waals surface area contributed by atoms with Crippen LogP contribution in [0, 0.1) is 0 Å². The number of hydrogen-bond acceptors (Lipinski definition) is 3. The molecule has 2 N–H and O–H groups in total. The number of aliphatic hydroxyl groups is 1. The molecule has 0 aliphatic heterocycles. The molecule has 0 aliphatic carbocycles. The third kappa shape index (κ3) is 5.84. The van der Waals surface area contributed by atoms with E-state index in [0.717, 1.165) is 24.3 Å². The molecule has 1 aromatic carbocycles. The lowest BCUT2D eigenvalue weighted by molar-refractivity contribution is 0.107. The Morgan fingerprint density at radius 1 is 1.39 bits per heavy atom. The summed E-state index contributed by atoms with van der Waals surface area (Å²) in [7, 11) is 0. The standard InChI is InChI=1S/C15H23NO2/c1-4-13-5-7-15(8-6-13)18-11-14(17)10-16-9-12(2)3/h5-8,14,16-17H,2,4,9-11H2,1,3H3. The summed E-state index contributed by atoms with van der Waals surface area (Å²) in [5, 5.41) is 12.8. The monoisotopic (exact) mass is 249 g/mol. The van der Waals surface area contributed by atoms with Crippen molar-refractivity contribution >= 4 is 0 Å². The Kier molecular flexibility index (Phi) is 6.47. The number of benzene rings is 1. The first kappa shape index (κ1) is 14.7. The molecule has 3 heteroatoms. The van der Waals surface area contributed by atoms with Crippen LogP contribution < -0.4 is 10.1 Å². The van der Waals surface area contributed by atoms with Crippen LogP contribution in [0.3, 0.4) is 0 Å². The molecule has 1 aromatic rings. The predicted octanol–water partition coefficient (Wildman–Crippen LogP) is 2.15. The zero-order valence-electron chi connectivity index (χ0n) is 11.3. The molecule has 0 radical (unpaired) electrons. The van der Waals surface area contributed by atoms with Crippen LogP contribution in [-0.4, -0.2) is 30.9 Å². The second kappa shape index (κ2) is 7.90. The minimum Gasteiger partial charge on any atom is -0.491 e. The maximum Gasteiger partial charge on any atom is 0.119 e.